The van der Waals surface area contributed by atoms with Crippen LogP contribution in [0.4, 0.5) is 0 Å². The van der Waals surface area contributed by atoms with Crippen LogP contribution >= 0.6 is 0 Å². The lowest BCUT2D eigenvalue weighted by molar-refractivity contribution is -0.151. The molecule has 0 aliphatic rings. The third kappa shape index (κ3) is 40.9. The number of ether oxygens (including phenoxy) is 1. The summed E-state index contributed by atoms with van der Waals surface area (Å²) in [6.07, 6.45) is 51.0. The van der Waals surface area contributed by atoms with Gasteiger partial charge >= 0.3 is 5.97 Å². The molecule has 0 aromatic carbocycles. The van der Waals surface area contributed by atoms with Gasteiger partial charge in [-0.1, -0.05) is 231 Å². The van der Waals surface area contributed by atoms with E-state index in [4.69, 9.17) is 4.74 Å². The third-order valence-corrected chi connectivity index (χ3v) is 11.6. The number of aliphatic hydroxyl groups excluding tert-OH is 2. The van der Waals surface area contributed by atoms with Gasteiger partial charge in [0.05, 0.1) is 25.2 Å². The molecule has 3 unspecified atom stereocenters. The number of allylic oxidation sites excluding steroid dienone is 4. The molecule has 0 saturated carbocycles. The van der Waals surface area contributed by atoms with Crippen molar-refractivity contribution in [2.75, 3.05) is 6.61 Å². The molecule has 0 rings (SSSR count). The summed E-state index contributed by atoms with van der Waals surface area (Å²) < 4.78 is 5.89. The molecule has 1 amide bonds. The Morgan fingerprint density at radius 2 is 0.895 bits per heavy atom. The maximum atomic E-state index is 13.2. The maximum absolute atomic E-state index is 13.2. The number of hydrogen-bond donors (Lipinski definition) is 3. The van der Waals surface area contributed by atoms with E-state index >= 15 is 0 Å². The van der Waals surface area contributed by atoms with E-state index in [-0.39, 0.29) is 24.9 Å². The van der Waals surface area contributed by atoms with Gasteiger partial charge in [0.25, 0.3) is 0 Å². The van der Waals surface area contributed by atoms with E-state index in [1.807, 2.05) is 0 Å². The predicted octanol–water partition coefficient (Wildman–Crippen LogP) is 14.7. The SMILES string of the molecule is CCCCCCCCC/C=C/C=C/CCCC(CC(=O)NC(CO)C(O)CCCCCCCCCCCCCCC)OC(=O)CCCCCCCCCCCCC. The number of nitrogens with one attached hydrogen (secondary N) is 1. The van der Waals surface area contributed by atoms with Gasteiger partial charge in [-0.05, 0) is 44.9 Å². The van der Waals surface area contributed by atoms with Crippen molar-refractivity contribution in [3.05, 3.63) is 24.3 Å². The van der Waals surface area contributed by atoms with Crippen molar-refractivity contribution in [1.82, 2.24) is 5.32 Å². The van der Waals surface area contributed by atoms with Crippen LogP contribution in [0.15, 0.2) is 24.3 Å². The van der Waals surface area contributed by atoms with Crippen molar-refractivity contribution in [3.8, 4) is 0 Å². The van der Waals surface area contributed by atoms with Gasteiger partial charge in [-0.3, -0.25) is 9.59 Å². The Balaban J connectivity index is 4.62. The number of carbonyl (C=O) groups excluding carboxylic acids is 2. The number of rotatable bonds is 45. The Kier molecular flexibility index (Phi) is 44.1. The van der Waals surface area contributed by atoms with Crippen molar-refractivity contribution < 1.29 is 24.5 Å². The van der Waals surface area contributed by atoms with E-state index in [1.165, 1.54) is 161 Å². The first-order valence-corrected chi connectivity index (χ1v) is 25.1. The molecule has 6 nitrogen and oxygen atoms in total. The van der Waals surface area contributed by atoms with Crippen LogP contribution in [0, 0.1) is 0 Å². The van der Waals surface area contributed by atoms with Crippen molar-refractivity contribution >= 4 is 11.9 Å². The van der Waals surface area contributed by atoms with Crippen molar-refractivity contribution in [1.29, 1.82) is 0 Å². The first-order valence-electron chi connectivity index (χ1n) is 25.1. The van der Waals surface area contributed by atoms with E-state index < -0.39 is 18.2 Å². The Hall–Kier alpha value is -1.66. The molecule has 0 fully saturated rings. The van der Waals surface area contributed by atoms with Gasteiger partial charge in [-0.2, -0.15) is 0 Å². The molecule has 0 aliphatic carbocycles. The van der Waals surface area contributed by atoms with Crippen molar-refractivity contribution in [2.24, 2.45) is 0 Å². The number of unbranched alkanes of at least 4 members (excludes halogenated alkanes) is 30. The minimum Gasteiger partial charge on any atom is -0.462 e. The molecule has 0 aliphatic heterocycles. The Labute approximate surface area is 354 Å². The van der Waals surface area contributed by atoms with Crippen LogP contribution in [0.2, 0.25) is 0 Å². The molecule has 0 heterocycles. The molecule has 6 heteroatoms. The molecule has 0 spiro atoms. The fourth-order valence-corrected chi connectivity index (χ4v) is 7.72. The van der Waals surface area contributed by atoms with Crippen LogP contribution in [0.3, 0.4) is 0 Å². The number of carbonyl (C=O) groups is 2. The van der Waals surface area contributed by atoms with Gasteiger partial charge in [0.2, 0.25) is 5.91 Å². The summed E-state index contributed by atoms with van der Waals surface area (Å²) in [4.78, 5) is 26.0. The number of esters is 1. The van der Waals surface area contributed by atoms with E-state index in [0.29, 0.717) is 19.3 Å². The van der Waals surface area contributed by atoms with Gasteiger partial charge < -0.3 is 20.3 Å². The lowest BCUT2D eigenvalue weighted by atomic mass is 10.0. The van der Waals surface area contributed by atoms with Crippen LogP contribution < -0.4 is 5.32 Å². The number of amides is 1. The summed E-state index contributed by atoms with van der Waals surface area (Å²) in [6.45, 7) is 6.46. The molecular formula is C51H97NO5. The minimum atomic E-state index is -0.794. The second-order valence-electron chi connectivity index (χ2n) is 17.3. The lowest BCUT2D eigenvalue weighted by Crippen LogP contribution is -2.46. The highest BCUT2D eigenvalue weighted by Crippen LogP contribution is 2.17. The molecule has 0 aromatic rings. The smallest absolute Gasteiger partial charge is 0.306 e. The largest absolute Gasteiger partial charge is 0.462 e. The van der Waals surface area contributed by atoms with Crippen LogP contribution in [0.1, 0.15) is 265 Å². The molecule has 3 N–H and O–H groups in total. The van der Waals surface area contributed by atoms with Gasteiger partial charge in [0.1, 0.15) is 6.10 Å². The second kappa shape index (κ2) is 45.4. The second-order valence-corrected chi connectivity index (χ2v) is 17.3. The zero-order valence-corrected chi connectivity index (χ0v) is 38.2. The van der Waals surface area contributed by atoms with Gasteiger partial charge in [0, 0.05) is 6.42 Å². The Morgan fingerprint density at radius 1 is 0.509 bits per heavy atom. The summed E-state index contributed by atoms with van der Waals surface area (Å²) >= 11 is 0. The van der Waals surface area contributed by atoms with Crippen molar-refractivity contribution in [2.45, 2.75) is 283 Å². The average Bonchev–Trinajstić information content (AvgIpc) is 3.20. The molecule has 0 saturated heterocycles. The van der Waals surface area contributed by atoms with E-state index in [1.54, 1.807) is 0 Å². The molecule has 57 heavy (non-hydrogen) atoms. The van der Waals surface area contributed by atoms with Gasteiger partial charge in [0.15, 0.2) is 0 Å². The average molecular weight is 804 g/mol. The van der Waals surface area contributed by atoms with Gasteiger partial charge in [-0.25, -0.2) is 0 Å². The normalized spacial score (nSPS) is 13.4. The highest BCUT2D eigenvalue weighted by Gasteiger charge is 2.24. The summed E-state index contributed by atoms with van der Waals surface area (Å²) in [5.74, 6) is -0.511. The molecule has 0 radical (unpaired) electrons. The topological polar surface area (TPSA) is 95.9 Å². The fourth-order valence-electron chi connectivity index (χ4n) is 7.72. The molecule has 336 valence electrons. The summed E-state index contributed by atoms with van der Waals surface area (Å²) in [6, 6.07) is -0.710. The molecular weight excluding hydrogens is 707 g/mol. The third-order valence-electron chi connectivity index (χ3n) is 11.6. The number of aliphatic hydroxyl groups is 2. The van der Waals surface area contributed by atoms with E-state index in [0.717, 1.165) is 57.8 Å². The maximum Gasteiger partial charge on any atom is 0.306 e. The van der Waals surface area contributed by atoms with Crippen LogP contribution in [0.5, 0.6) is 0 Å². The van der Waals surface area contributed by atoms with Crippen LogP contribution in [-0.4, -0.2) is 46.9 Å². The standard InChI is InChI=1S/C51H97NO5/c1-4-7-10-13-16-19-22-24-26-28-30-33-36-39-42-47(57-51(56)44-41-38-35-32-27-21-18-15-12-9-6-3)45-50(55)52-48(46-53)49(54)43-40-37-34-31-29-25-23-20-17-14-11-8-5-2/h26,28,30,33,47-49,53-54H,4-25,27,29,31-32,34-46H2,1-3H3,(H,52,55)/b28-26+,33-30+. The monoisotopic (exact) mass is 804 g/mol. The quantitative estimate of drug-likeness (QED) is 0.0324. The first-order chi connectivity index (χ1) is 28.0. The summed E-state index contributed by atoms with van der Waals surface area (Å²) in [5.41, 5.74) is 0. The lowest BCUT2D eigenvalue weighted by Gasteiger charge is -2.24. The summed E-state index contributed by atoms with van der Waals surface area (Å²) in [5, 5.41) is 23.7. The molecule has 3 atom stereocenters. The predicted molar refractivity (Wildman–Crippen MR) is 246 cm³/mol. The van der Waals surface area contributed by atoms with Crippen LogP contribution in [0.25, 0.3) is 0 Å². The van der Waals surface area contributed by atoms with E-state index in [2.05, 4.69) is 50.4 Å². The molecule has 0 bridgehead atoms. The zero-order valence-electron chi connectivity index (χ0n) is 38.2. The molecule has 0 aromatic heterocycles. The van der Waals surface area contributed by atoms with Gasteiger partial charge in [-0.15, -0.1) is 0 Å². The van der Waals surface area contributed by atoms with Crippen LogP contribution in [-0.2, 0) is 14.3 Å². The minimum absolute atomic E-state index is 0.0496. The highest BCUT2D eigenvalue weighted by molar-refractivity contribution is 5.77. The van der Waals surface area contributed by atoms with E-state index in [9.17, 15) is 19.8 Å². The Bertz CT molecular complexity index is 904. The first kappa shape index (κ1) is 55.3. The zero-order chi connectivity index (χ0) is 41.7. The fraction of sp³-hybridized carbons (Fsp3) is 0.882. The Morgan fingerprint density at radius 3 is 1.33 bits per heavy atom. The van der Waals surface area contributed by atoms with Crippen molar-refractivity contribution in [3.63, 3.8) is 0 Å². The highest BCUT2D eigenvalue weighted by atomic mass is 16.5. The summed E-state index contributed by atoms with van der Waals surface area (Å²) in [7, 11) is 0. The number of hydrogen-bond acceptors (Lipinski definition) is 5.